The van der Waals surface area contributed by atoms with Crippen molar-refractivity contribution in [1.82, 2.24) is 4.90 Å². The minimum absolute atomic E-state index is 0.0125. The third kappa shape index (κ3) is 3.15. The van der Waals surface area contributed by atoms with Gasteiger partial charge in [-0.25, -0.2) is 0 Å². The van der Waals surface area contributed by atoms with Crippen LogP contribution in [-0.4, -0.2) is 28.9 Å². The summed E-state index contributed by atoms with van der Waals surface area (Å²) >= 11 is 14.4. The molecular weight excluding hydrogens is 360 g/mol. The quantitative estimate of drug-likeness (QED) is 0.803. The summed E-state index contributed by atoms with van der Waals surface area (Å²) in [4.78, 5) is 14.9. The Hall–Kier alpha value is -0.650. The Labute approximate surface area is 137 Å². The maximum Gasteiger partial charge on any atom is 0.254 e. The van der Waals surface area contributed by atoms with Gasteiger partial charge in [-0.15, -0.1) is 0 Å². The maximum atomic E-state index is 12.5. The summed E-state index contributed by atoms with van der Waals surface area (Å²) < 4.78 is 0.720. The van der Waals surface area contributed by atoms with E-state index in [2.05, 4.69) is 22.9 Å². The summed E-state index contributed by atoms with van der Waals surface area (Å²) in [6.45, 7) is 3.40. The van der Waals surface area contributed by atoms with Gasteiger partial charge in [0.05, 0.1) is 10.6 Å². The van der Waals surface area contributed by atoms with Crippen LogP contribution in [0.1, 0.15) is 30.1 Å². The molecule has 1 aromatic carbocycles. The van der Waals surface area contributed by atoms with Crippen molar-refractivity contribution in [1.29, 1.82) is 0 Å². The molecule has 2 N–H and O–H groups in total. The molecule has 1 saturated heterocycles. The normalized spacial score (nSPS) is 17.9. The van der Waals surface area contributed by atoms with Gasteiger partial charge >= 0.3 is 0 Å². The fourth-order valence-corrected chi connectivity index (χ4v) is 3.34. The second-order valence-corrected chi connectivity index (χ2v) is 7.07. The Kier molecular flexibility index (Phi) is 4.72. The summed E-state index contributed by atoms with van der Waals surface area (Å²) in [5.74, 6) is 0.0125. The molecule has 108 valence electrons. The van der Waals surface area contributed by atoms with E-state index in [9.17, 15) is 4.79 Å². The van der Waals surface area contributed by atoms with Crippen molar-refractivity contribution in [2.45, 2.75) is 19.8 Å². The molecule has 0 spiro atoms. The lowest BCUT2D eigenvalue weighted by atomic mass is 9.80. The van der Waals surface area contributed by atoms with Crippen LogP contribution in [-0.2, 0) is 0 Å². The lowest BCUT2D eigenvalue weighted by molar-refractivity contribution is 0.0669. The average Bonchev–Trinajstić information content (AvgIpc) is 2.38. The van der Waals surface area contributed by atoms with Crippen LogP contribution in [0.4, 0.5) is 0 Å². The van der Waals surface area contributed by atoms with Crippen LogP contribution in [0.25, 0.3) is 0 Å². The molecule has 1 amide bonds. The van der Waals surface area contributed by atoms with E-state index in [1.807, 2.05) is 4.90 Å². The first kappa shape index (κ1) is 15.7. The average molecular weight is 376 g/mol. The minimum atomic E-state index is -0.136. The number of hydrogen-bond acceptors (Lipinski definition) is 2. The van der Waals surface area contributed by atoms with Crippen molar-refractivity contribution in [2.24, 2.45) is 11.1 Å². The summed E-state index contributed by atoms with van der Waals surface area (Å²) in [7, 11) is 0. The van der Waals surface area contributed by atoms with Crippen LogP contribution in [0, 0.1) is 5.41 Å². The van der Waals surface area contributed by atoms with Gasteiger partial charge in [0, 0.05) is 28.0 Å². The van der Waals surface area contributed by atoms with Crippen molar-refractivity contribution in [3.8, 4) is 0 Å². The fourth-order valence-electron chi connectivity index (χ4n) is 2.28. The molecular formula is C14H16BrClN2OS. The van der Waals surface area contributed by atoms with E-state index in [0.29, 0.717) is 28.7 Å². The first-order chi connectivity index (χ1) is 9.33. The summed E-state index contributed by atoms with van der Waals surface area (Å²) in [5.41, 5.74) is 6.28. The predicted octanol–water partition coefficient (Wildman–Crippen LogP) is 3.63. The predicted molar refractivity (Wildman–Crippen MR) is 89.2 cm³/mol. The third-order valence-corrected chi connectivity index (χ3v) is 5.29. The smallest absolute Gasteiger partial charge is 0.254 e. The highest BCUT2D eigenvalue weighted by Gasteiger charge is 2.34. The highest BCUT2D eigenvalue weighted by atomic mass is 79.9. The Morgan fingerprint density at radius 2 is 2.05 bits per heavy atom. The number of amides is 1. The standard InChI is InChI=1S/C14H16BrClN2OS/c1-14(13(17)20)4-6-18(7-5-14)12(19)10-3-2-9(16)8-11(10)15/h2-3,8H,4-7H2,1H3,(H2,17,20). The van der Waals surface area contributed by atoms with Gasteiger partial charge in [-0.3, -0.25) is 4.79 Å². The first-order valence-electron chi connectivity index (χ1n) is 6.38. The van der Waals surface area contributed by atoms with E-state index >= 15 is 0 Å². The number of carbonyl (C=O) groups is 1. The van der Waals surface area contributed by atoms with Gasteiger partial charge in [0.2, 0.25) is 0 Å². The number of halogens is 2. The SMILES string of the molecule is CC1(C(N)=S)CCN(C(=O)c2ccc(Cl)cc2Br)CC1. The number of likely N-dealkylation sites (tertiary alicyclic amines) is 1. The largest absolute Gasteiger partial charge is 0.393 e. The number of thiocarbonyl (C=S) groups is 1. The Bertz CT molecular complexity index is 556. The van der Waals surface area contributed by atoms with E-state index in [4.69, 9.17) is 29.6 Å². The summed E-state index contributed by atoms with van der Waals surface area (Å²) in [5, 5.41) is 0.605. The molecule has 0 unspecified atom stereocenters. The highest BCUT2D eigenvalue weighted by molar-refractivity contribution is 9.10. The molecule has 0 aliphatic carbocycles. The van der Waals surface area contributed by atoms with E-state index < -0.39 is 0 Å². The number of nitrogens with zero attached hydrogens (tertiary/aromatic N) is 1. The summed E-state index contributed by atoms with van der Waals surface area (Å²) in [6, 6.07) is 5.20. The monoisotopic (exact) mass is 374 g/mol. The van der Waals surface area contributed by atoms with Gasteiger partial charge in [0.25, 0.3) is 5.91 Å². The molecule has 0 atom stereocenters. The van der Waals surface area contributed by atoms with Gasteiger partial charge in [-0.2, -0.15) is 0 Å². The maximum absolute atomic E-state index is 12.5. The minimum Gasteiger partial charge on any atom is -0.393 e. The number of benzene rings is 1. The first-order valence-corrected chi connectivity index (χ1v) is 7.96. The second kappa shape index (κ2) is 6.00. The van der Waals surface area contributed by atoms with E-state index in [1.54, 1.807) is 18.2 Å². The molecule has 0 radical (unpaired) electrons. The number of hydrogen-bond donors (Lipinski definition) is 1. The van der Waals surface area contributed by atoms with Crippen LogP contribution in [0.3, 0.4) is 0 Å². The zero-order valence-electron chi connectivity index (χ0n) is 11.2. The van der Waals surface area contributed by atoms with Gasteiger partial charge in [0.1, 0.15) is 0 Å². The zero-order valence-corrected chi connectivity index (χ0v) is 14.3. The van der Waals surface area contributed by atoms with Crippen LogP contribution in [0.15, 0.2) is 22.7 Å². The van der Waals surface area contributed by atoms with Crippen molar-refractivity contribution in [3.05, 3.63) is 33.3 Å². The molecule has 0 bridgehead atoms. The Morgan fingerprint density at radius 1 is 1.45 bits per heavy atom. The molecule has 6 heteroatoms. The molecule has 1 heterocycles. The van der Waals surface area contributed by atoms with Crippen molar-refractivity contribution in [3.63, 3.8) is 0 Å². The number of piperidine rings is 1. The molecule has 1 fully saturated rings. The molecule has 2 rings (SSSR count). The molecule has 0 saturated carbocycles. The molecule has 0 aromatic heterocycles. The molecule has 1 aliphatic heterocycles. The van der Waals surface area contributed by atoms with Gasteiger partial charge in [-0.1, -0.05) is 30.7 Å². The van der Waals surface area contributed by atoms with Crippen LogP contribution < -0.4 is 5.73 Å². The molecule has 3 nitrogen and oxygen atoms in total. The van der Waals surface area contributed by atoms with Gasteiger partial charge < -0.3 is 10.6 Å². The zero-order chi connectivity index (χ0) is 14.9. The van der Waals surface area contributed by atoms with E-state index in [0.717, 1.165) is 17.3 Å². The Morgan fingerprint density at radius 3 is 2.55 bits per heavy atom. The van der Waals surface area contributed by atoms with Crippen LogP contribution in [0.5, 0.6) is 0 Å². The molecule has 1 aromatic rings. The van der Waals surface area contributed by atoms with Crippen molar-refractivity contribution < 1.29 is 4.79 Å². The lowest BCUT2D eigenvalue weighted by Crippen LogP contribution is -2.46. The fraction of sp³-hybridized carbons (Fsp3) is 0.429. The van der Waals surface area contributed by atoms with Crippen LogP contribution in [0.2, 0.25) is 5.02 Å². The molecule has 20 heavy (non-hydrogen) atoms. The highest BCUT2D eigenvalue weighted by Crippen LogP contribution is 2.32. The second-order valence-electron chi connectivity index (χ2n) is 5.34. The van der Waals surface area contributed by atoms with Crippen molar-refractivity contribution in [2.75, 3.05) is 13.1 Å². The van der Waals surface area contributed by atoms with Gasteiger partial charge in [-0.05, 0) is 47.0 Å². The van der Waals surface area contributed by atoms with Crippen LogP contribution >= 0.6 is 39.7 Å². The lowest BCUT2D eigenvalue weighted by Gasteiger charge is -2.38. The third-order valence-electron chi connectivity index (χ3n) is 3.91. The van der Waals surface area contributed by atoms with Crippen molar-refractivity contribution >= 4 is 50.6 Å². The topological polar surface area (TPSA) is 46.3 Å². The summed E-state index contributed by atoms with van der Waals surface area (Å²) in [6.07, 6.45) is 1.61. The van der Waals surface area contributed by atoms with Gasteiger partial charge in [0.15, 0.2) is 0 Å². The van der Waals surface area contributed by atoms with E-state index in [1.165, 1.54) is 0 Å². The van der Waals surface area contributed by atoms with E-state index in [-0.39, 0.29) is 11.3 Å². The number of carbonyl (C=O) groups excluding carboxylic acids is 1. The Balaban J connectivity index is 2.11. The molecule has 1 aliphatic rings. The number of nitrogens with two attached hydrogens (primary N) is 1. The number of rotatable bonds is 2.